The van der Waals surface area contributed by atoms with Crippen LogP contribution in [0, 0.1) is 12.8 Å². The fourth-order valence-corrected chi connectivity index (χ4v) is 4.31. The number of hydrogen-bond donors (Lipinski definition) is 2. The molecule has 3 atom stereocenters. The zero-order chi connectivity index (χ0) is 18.0. The number of hydrogen-bond acceptors (Lipinski definition) is 4. The van der Waals surface area contributed by atoms with Crippen LogP contribution in [0.4, 0.5) is 0 Å². The van der Waals surface area contributed by atoms with Crippen LogP contribution < -0.4 is 10.6 Å². The highest BCUT2D eigenvalue weighted by atomic mass is 35.5. The van der Waals surface area contributed by atoms with E-state index in [1.807, 2.05) is 31.2 Å². The molecule has 142 valence electrons. The first-order valence-electron chi connectivity index (χ1n) is 8.71. The van der Waals surface area contributed by atoms with Gasteiger partial charge in [-0.1, -0.05) is 23.7 Å². The second-order valence-electron chi connectivity index (χ2n) is 6.77. The highest BCUT2D eigenvalue weighted by Gasteiger charge is 2.26. The Morgan fingerprint density at radius 1 is 1.38 bits per heavy atom. The van der Waals surface area contributed by atoms with E-state index in [4.69, 9.17) is 16.6 Å². The molecular formula is C19H25Cl2N3OS. The minimum absolute atomic E-state index is 0. The number of carbonyl (C=O) groups is 1. The van der Waals surface area contributed by atoms with Crippen LogP contribution >= 0.6 is 35.3 Å². The number of nitrogens with zero attached hydrogens (tertiary/aromatic N) is 1. The summed E-state index contributed by atoms with van der Waals surface area (Å²) in [5.41, 5.74) is 2.02. The highest BCUT2D eigenvalue weighted by molar-refractivity contribution is 7.12. The molecule has 1 aliphatic heterocycles. The van der Waals surface area contributed by atoms with Crippen molar-refractivity contribution in [3.63, 3.8) is 0 Å². The van der Waals surface area contributed by atoms with E-state index in [0.29, 0.717) is 11.1 Å². The highest BCUT2D eigenvalue weighted by Crippen LogP contribution is 2.31. The summed E-state index contributed by atoms with van der Waals surface area (Å²) in [6, 6.07) is 8.03. The van der Waals surface area contributed by atoms with Crippen molar-refractivity contribution in [2.24, 2.45) is 5.92 Å². The summed E-state index contributed by atoms with van der Waals surface area (Å²) < 4.78 is 0. The smallest absolute Gasteiger partial charge is 0.223 e. The first-order valence-corrected chi connectivity index (χ1v) is 9.90. The van der Waals surface area contributed by atoms with Crippen LogP contribution in [-0.2, 0) is 4.79 Å². The van der Waals surface area contributed by atoms with Gasteiger partial charge < -0.3 is 10.6 Å². The van der Waals surface area contributed by atoms with Crippen LogP contribution in [0.3, 0.4) is 0 Å². The lowest BCUT2D eigenvalue weighted by Gasteiger charge is -2.28. The molecule has 0 spiro atoms. The molecule has 7 heteroatoms. The van der Waals surface area contributed by atoms with Crippen LogP contribution in [0.2, 0.25) is 5.02 Å². The molecule has 2 heterocycles. The molecule has 0 saturated carbocycles. The molecule has 1 aliphatic rings. The van der Waals surface area contributed by atoms with E-state index in [1.165, 1.54) is 0 Å². The Balaban J connectivity index is 0.00000243. The van der Waals surface area contributed by atoms with Gasteiger partial charge in [-0.15, -0.1) is 23.7 Å². The van der Waals surface area contributed by atoms with Crippen LogP contribution in [0.5, 0.6) is 0 Å². The van der Waals surface area contributed by atoms with Crippen molar-refractivity contribution in [2.45, 2.75) is 45.7 Å². The third-order valence-electron chi connectivity index (χ3n) is 4.65. The molecule has 1 amide bonds. The molecule has 26 heavy (non-hydrogen) atoms. The second kappa shape index (κ2) is 9.18. The van der Waals surface area contributed by atoms with Crippen molar-refractivity contribution < 1.29 is 4.79 Å². The summed E-state index contributed by atoms with van der Waals surface area (Å²) in [5, 5.41) is 8.19. The van der Waals surface area contributed by atoms with E-state index in [1.54, 1.807) is 11.3 Å². The van der Waals surface area contributed by atoms with Gasteiger partial charge in [-0.3, -0.25) is 4.79 Å². The number of aromatic nitrogens is 1. The maximum absolute atomic E-state index is 12.5. The Morgan fingerprint density at radius 3 is 2.73 bits per heavy atom. The third kappa shape index (κ3) is 4.97. The lowest BCUT2D eigenvalue weighted by Crippen LogP contribution is -2.42. The van der Waals surface area contributed by atoms with Crippen molar-refractivity contribution in [1.82, 2.24) is 15.6 Å². The number of piperidine rings is 1. The van der Waals surface area contributed by atoms with Crippen molar-refractivity contribution in [3.8, 4) is 11.3 Å². The number of carbonyl (C=O) groups excluding carboxylic acids is 1. The second-order valence-corrected chi connectivity index (χ2v) is 8.44. The number of aryl methyl sites for hydroxylation is 1. The fourth-order valence-electron chi connectivity index (χ4n) is 3.24. The van der Waals surface area contributed by atoms with Gasteiger partial charge in [0.2, 0.25) is 5.91 Å². The lowest BCUT2D eigenvalue weighted by atomic mass is 9.92. The Hall–Kier alpha value is -1.14. The van der Waals surface area contributed by atoms with Crippen molar-refractivity contribution in [3.05, 3.63) is 39.2 Å². The van der Waals surface area contributed by atoms with Gasteiger partial charge in [-0.2, -0.15) is 0 Å². The topological polar surface area (TPSA) is 54.0 Å². The van der Waals surface area contributed by atoms with Gasteiger partial charge >= 0.3 is 0 Å². The van der Waals surface area contributed by atoms with E-state index in [-0.39, 0.29) is 30.3 Å². The zero-order valence-corrected chi connectivity index (χ0v) is 17.6. The molecule has 3 rings (SSSR count). The largest absolute Gasteiger partial charge is 0.347 e. The summed E-state index contributed by atoms with van der Waals surface area (Å²) in [4.78, 5) is 18.5. The quantitative estimate of drug-likeness (QED) is 0.759. The Bertz CT molecular complexity index is 748. The first kappa shape index (κ1) is 21.2. The standard InChI is InChI=1S/C19H24ClN3OS.ClH/c1-11-10-15(8-9-21-11)18(24)22-12(2)19-23-17(13(3)25-19)14-4-6-16(20)7-5-14;/h4-7,11-12,15,21H,8-10H2,1-3H3,(H,22,24);1H/t11-,12?,15-;/m0./s1. The molecular weight excluding hydrogens is 389 g/mol. The molecule has 0 radical (unpaired) electrons. The first-order chi connectivity index (χ1) is 11.9. The van der Waals surface area contributed by atoms with E-state index in [0.717, 1.165) is 40.5 Å². The van der Waals surface area contributed by atoms with Crippen molar-refractivity contribution in [2.75, 3.05) is 6.54 Å². The maximum Gasteiger partial charge on any atom is 0.223 e. The van der Waals surface area contributed by atoms with Gasteiger partial charge in [0.15, 0.2) is 0 Å². The molecule has 0 aliphatic carbocycles. The van der Waals surface area contributed by atoms with Gasteiger partial charge in [0.25, 0.3) is 0 Å². The van der Waals surface area contributed by atoms with Gasteiger partial charge in [0, 0.05) is 27.4 Å². The number of benzene rings is 1. The van der Waals surface area contributed by atoms with Crippen LogP contribution in [-0.4, -0.2) is 23.5 Å². The summed E-state index contributed by atoms with van der Waals surface area (Å²) in [6.45, 7) is 7.11. The molecule has 1 aromatic carbocycles. The minimum atomic E-state index is -0.0811. The molecule has 2 aromatic rings. The van der Waals surface area contributed by atoms with Crippen molar-refractivity contribution >= 4 is 41.3 Å². The summed E-state index contributed by atoms with van der Waals surface area (Å²) in [6.07, 6.45) is 1.79. The van der Waals surface area contributed by atoms with E-state index >= 15 is 0 Å². The average molecular weight is 414 g/mol. The van der Waals surface area contributed by atoms with E-state index in [9.17, 15) is 4.79 Å². The van der Waals surface area contributed by atoms with Crippen LogP contribution in [0.15, 0.2) is 24.3 Å². The molecule has 4 nitrogen and oxygen atoms in total. The summed E-state index contributed by atoms with van der Waals surface area (Å²) >= 11 is 7.61. The molecule has 1 unspecified atom stereocenters. The van der Waals surface area contributed by atoms with Gasteiger partial charge in [-0.25, -0.2) is 4.98 Å². The number of nitrogens with one attached hydrogen (secondary N) is 2. The summed E-state index contributed by atoms with van der Waals surface area (Å²) in [7, 11) is 0. The predicted octanol–water partition coefficient (Wildman–Crippen LogP) is 4.76. The number of rotatable bonds is 4. The minimum Gasteiger partial charge on any atom is -0.347 e. The van der Waals surface area contributed by atoms with E-state index in [2.05, 4.69) is 24.5 Å². The van der Waals surface area contributed by atoms with Crippen LogP contribution in [0.1, 0.15) is 42.6 Å². The molecule has 0 bridgehead atoms. The van der Waals surface area contributed by atoms with Crippen LogP contribution in [0.25, 0.3) is 11.3 Å². The number of halogens is 2. The molecule has 1 fully saturated rings. The van der Waals surface area contributed by atoms with Gasteiger partial charge in [0.05, 0.1) is 11.7 Å². The normalized spacial score (nSPS) is 20.9. The molecule has 1 aromatic heterocycles. The number of thiazole rings is 1. The average Bonchev–Trinajstić information content (AvgIpc) is 2.97. The van der Waals surface area contributed by atoms with Gasteiger partial charge in [-0.05, 0) is 52.3 Å². The maximum atomic E-state index is 12.5. The zero-order valence-electron chi connectivity index (χ0n) is 15.2. The Kier molecular flexibility index (Phi) is 7.47. The SMILES string of the molecule is Cc1sc(C(C)NC(=O)[C@H]2CCN[C@@H](C)C2)nc1-c1ccc(Cl)cc1.Cl. The molecule has 2 N–H and O–H groups in total. The molecule has 1 saturated heterocycles. The van der Waals surface area contributed by atoms with E-state index < -0.39 is 0 Å². The van der Waals surface area contributed by atoms with Gasteiger partial charge in [0.1, 0.15) is 5.01 Å². The number of amides is 1. The fraction of sp³-hybridized carbons (Fsp3) is 0.474. The Morgan fingerprint density at radius 2 is 2.08 bits per heavy atom. The monoisotopic (exact) mass is 413 g/mol. The Labute approximate surface area is 170 Å². The van der Waals surface area contributed by atoms with Crippen molar-refractivity contribution in [1.29, 1.82) is 0 Å². The predicted molar refractivity (Wildman–Crippen MR) is 111 cm³/mol. The lowest BCUT2D eigenvalue weighted by molar-refractivity contribution is -0.126. The summed E-state index contributed by atoms with van der Waals surface area (Å²) in [5.74, 6) is 0.234. The third-order valence-corrected chi connectivity index (χ3v) is 6.06.